The van der Waals surface area contributed by atoms with Crippen LogP contribution in [0.2, 0.25) is 0 Å². The van der Waals surface area contributed by atoms with Crippen molar-refractivity contribution in [2.75, 3.05) is 6.54 Å². The van der Waals surface area contributed by atoms with Crippen molar-refractivity contribution >= 4 is 5.91 Å². The summed E-state index contributed by atoms with van der Waals surface area (Å²) in [5, 5.41) is 2.98. The SMILES string of the molecule is C#CCCCNC(=O)C1CCCCCC1. The minimum Gasteiger partial charge on any atom is -0.356 e. The Morgan fingerprint density at radius 3 is 2.53 bits per heavy atom. The molecule has 0 saturated heterocycles. The number of carbonyl (C=O) groups excluding carboxylic acids is 1. The maximum Gasteiger partial charge on any atom is 0.223 e. The zero-order chi connectivity index (χ0) is 10.9. The Balaban J connectivity index is 2.17. The Morgan fingerprint density at radius 1 is 1.27 bits per heavy atom. The molecule has 2 heteroatoms. The van der Waals surface area contributed by atoms with Crippen LogP contribution in [0, 0.1) is 18.3 Å². The number of hydrogen-bond acceptors (Lipinski definition) is 1. The fraction of sp³-hybridized carbons (Fsp3) is 0.769. The third kappa shape index (κ3) is 4.88. The highest BCUT2D eigenvalue weighted by Gasteiger charge is 2.19. The van der Waals surface area contributed by atoms with Crippen LogP contribution in [0.1, 0.15) is 51.4 Å². The third-order valence-electron chi connectivity index (χ3n) is 3.02. The van der Waals surface area contributed by atoms with Gasteiger partial charge < -0.3 is 5.32 Å². The van der Waals surface area contributed by atoms with E-state index in [4.69, 9.17) is 6.42 Å². The van der Waals surface area contributed by atoms with Gasteiger partial charge in [0, 0.05) is 18.9 Å². The number of rotatable bonds is 4. The first kappa shape index (κ1) is 12.1. The average molecular weight is 207 g/mol. The summed E-state index contributed by atoms with van der Waals surface area (Å²) >= 11 is 0. The molecule has 2 nitrogen and oxygen atoms in total. The quantitative estimate of drug-likeness (QED) is 0.428. The molecule has 0 unspecified atom stereocenters. The smallest absolute Gasteiger partial charge is 0.223 e. The second kappa shape index (κ2) is 7.34. The van der Waals surface area contributed by atoms with Crippen molar-refractivity contribution in [3.63, 3.8) is 0 Å². The number of unbranched alkanes of at least 4 members (excludes halogenated alkanes) is 1. The highest BCUT2D eigenvalue weighted by atomic mass is 16.1. The molecule has 1 aliphatic carbocycles. The lowest BCUT2D eigenvalue weighted by atomic mass is 9.99. The number of hydrogen-bond donors (Lipinski definition) is 1. The Morgan fingerprint density at radius 2 is 1.93 bits per heavy atom. The van der Waals surface area contributed by atoms with Crippen LogP contribution in [0.5, 0.6) is 0 Å². The van der Waals surface area contributed by atoms with Gasteiger partial charge in [0.15, 0.2) is 0 Å². The van der Waals surface area contributed by atoms with Crippen molar-refractivity contribution < 1.29 is 4.79 Å². The largest absolute Gasteiger partial charge is 0.356 e. The van der Waals surface area contributed by atoms with Gasteiger partial charge in [0.1, 0.15) is 0 Å². The highest BCUT2D eigenvalue weighted by Crippen LogP contribution is 2.22. The summed E-state index contributed by atoms with van der Waals surface area (Å²) in [5.74, 6) is 3.09. The molecule has 1 N–H and O–H groups in total. The first-order valence-corrected chi connectivity index (χ1v) is 6.06. The van der Waals surface area contributed by atoms with Crippen LogP contribution < -0.4 is 5.32 Å². The van der Waals surface area contributed by atoms with Gasteiger partial charge in [-0.25, -0.2) is 0 Å². The lowest BCUT2D eigenvalue weighted by Crippen LogP contribution is -2.31. The topological polar surface area (TPSA) is 29.1 Å². The van der Waals surface area contributed by atoms with Crippen LogP contribution in [0.15, 0.2) is 0 Å². The Hall–Kier alpha value is -0.970. The summed E-state index contributed by atoms with van der Waals surface area (Å²) in [6.07, 6.45) is 13.9. The number of terminal acetylenes is 1. The standard InChI is InChI=1S/C13H21NO/c1-2-3-8-11-14-13(15)12-9-6-4-5-7-10-12/h1,12H,3-11H2,(H,14,15). The van der Waals surface area contributed by atoms with E-state index in [1.54, 1.807) is 0 Å². The molecule has 1 saturated carbocycles. The highest BCUT2D eigenvalue weighted by molar-refractivity contribution is 5.78. The lowest BCUT2D eigenvalue weighted by Gasteiger charge is -2.13. The normalized spacial score (nSPS) is 17.8. The van der Waals surface area contributed by atoms with Gasteiger partial charge in [-0.05, 0) is 19.3 Å². The lowest BCUT2D eigenvalue weighted by molar-refractivity contribution is -0.125. The minimum absolute atomic E-state index is 0.244. The second-order valence-electron chi connectivity index (χ2n) is 4.29. The van der Waals surface area contributed by atoms with E-state index < -0.39 is 0 Å². The molecule has 1 rings (SSSR count). The van der Waals surface area contributed by atoms with Crippen LogP contribution in [-0.2, 0) is 4.79 Å². The third-order valence-corrected chi connectivity index (χ3v) is 3.02. The summed E-state index contributed by atoms with van der Waals surface area (Å²) < 4.78 is 0. The van der Waals surface area contributed by atoms with Gasteiger partial charge in [0.05, 0.1) is 0 Å². The molecule has 1 fully saturated rings. The Labute approximate surface area is 92.8 Å². The summed E-state index contributed by atoms with van der Waals surface area (Å²) in [6.45, 7) is 0.736. The second-order valence-corrected chi connectivity index (χ2v) is 4.29. The van der Waals surface area contributed by atoms with E-state index in [2.05, 4.69) is 11.2 Å². The maximum absolute atomic E-state index is 11.8. The summed E-state index contributed by atoms with van der Waals surface area (Å²) in [6, 6.07) is 0. The summed E-state index contributed by atoms with van der Waals surface area (Å²) in [4.78, 5) is 11.8. The predicted octanol–water partition coefficient (Wildman–Crippen LogP) is 2.49. The molecule has 0 bridgehead atoms. The van der Waals surface area contributed by atoms with Crippen molar-refractivity contribution in [2.24, 2.45) is 5.92 Å². The molecule has 0 aliphatic heterocycles. The Bertz CT molecular complexity index is 221. The molecule has 15 heavy (non-hydrogen) atoms. The van der Waals surface area contributed by atoms with E-state index in [0.717, 1.165) is 32.2 Å². The van der Waals surface area contributed by atoms with Gasteiger partial charge in [-0.1, -0.05) is 25.7 Å². The molecule has 0 aromatic rings. The molecule has 1 amide bonds. The predicted molar refractivity (Wildman–Crippen MR) is 62.3 cm³/mol. The summed E-state index contributed by atoms with van der Waals surface area (Å²) in [7, 11) is 0. The van der Waals surface area contributed by atoms with Gasteiger partial charge >= 0.3 is 0 Å². The molecule has 0 heterocycles. The van der Waals surface area contributed by atoms with Crippen LogP contribution >= 0.6 is 0 Å². The van der Waals surface area contributed by atoms with Crippen LogP contribution in [0.3, 0.4) is 0 Å². The van der Waals surface area contributed by atoms with E-state index in [0.29, 0.717) is 0 Å². The van der Waals surface area contributed by atoms with Crippen molar-refractivity contribution in [3.05, 3.63) is 0 Å². The first-order valence-electron chi connectivity index (χ1n) is 6.06. The molecule has 1 aliphatic rings. The van der Waals surface area contributed by atoms with Gasteiger partial charge in [0.2, 0.25) is 5.91 Å². The average Bonchev–Trinajstić information content (AvgIpc) is 2.52. The van der Waals surface area contributed by atoms with Gasteiger partial charge in [-0.2, -0.15) is 0 Å². The molecule has 0 aromatic carbocycles. The molecule has 0 spiro atoms. The zero-order valence-electron chi connectivity index (χ0n) is 9.43. The van der Waals surface area contributed by atoms with Crippen LogP contribution in [0.25, 0.3) is 0 Å². The molecular formula is C13H21NO. The number of carbonyl (C=O) groups is 1. The number of nitrogens with one attached hydrogen (secondary N) is 1. The van der Waals surface area contributed by atoms with Crippen molar-refractivity contribution in [1.29, 1.82) is 0 Å². The van der Waals surface area contributed by atoms with Crippen LogP contribution in [-0.4, -0.2) is 12.5 Å². The van der Waals surface area contributed by atoms with Crippen molar-refractivity contribution in [1.82, 2.24) is 5.32 Å². The monoisotopic (exact) mass is 207 g/mol. The van der Waals surface area contributed by atoms with Crippen molar-refractivity contribution in [3.8, 4) is 12.3 Å². The van der Waals surface area contributed by atoms with Gasteiger partial charge in [-0.15, -0.1) is 12.3 Å². The van der Waals surface area contributed by atoms with E-state index in [1.807, 2.05) is 0 Å². The van der Waals surface area contributed by atoms with E-state index in [-0.39, 0.29) is 11.8 Å². The molecule has 84 valence electrons. The van der Waals surface area contributed by atoms with Crippen molar-refractivity contribution in [2.45, 2.75) is 51.4 Å². The molecule has 0 radical (unpaired) electrons. The van der Waals surface area contributed by atoms with E-state index in [1.165, 1.54) is 25.7 Å². The minimum atomic E-state index is 0.244. The first-order chi connectivity index (χ1) is 7.34. The van der Waals surface area contributed by atoms with Gasteiger partial charge in [0.25, 0.3) is 0 Å². The Kier molecular flexibility index (Phi) is 5.92. The number of amides is 1. The van der Waals surface area contributed by atoms with E-state index >= 15 is 0 Å². The maximum atomic E-state index is 11.8. The molecule has 0 atom stereocenters. The van der Waals surface area contributed by atoms with Crippen LogP contribution in [0.4, 0.5) is 0 Å². The zero-order valence-corrected chi connectivity index (χ0v) is 9.43. The van der Waals surface area contributed by atoms with Gasteiger partial charge in [-0.3, -0.25) is 4.79 Å². The molecule has 0 aromatic heterocycles. The fourth-order valence-corrected chi connectivity index (χ4v) is 2.09. The fourth-order valence-electron chi connectivity index (χ4n) is 2.09. The molecular weight excluding hydrogens is 186 g/mol. The van der Waals surface area contributed by atoms with E-state index in [9.17, 15) is 4.79 Å². The summed E-state index contributed by atoms with van der Waals surface area (Å²) in [5.41, 5.74) is 0.